The van der Waals surface area contributed by atoms with Crippen molar-refractivity contribution in [3.8, 4) is 11.5 Å². The van der Waals surface area contributed by atoms with Gasteiger partial charge in [0.1, 0.15) is 24.2 Å². The molecule has 0 aliphatic carbocycles. The summed E-state index contributed by atoms with van der Waals surface area (Å²) in [4.78, 5) is 35.4. The fourth-order valence-electron chi connectivity index (χ4n) is 4.40. The summed E-state index contributed by atoms with van der Waals surface area (Å²) < 4.78 is 44.7. The van der Waals surface area contributed by atoms with E-state index in [9.17, 15) is 22.9 Å². The monoisotopic (exact) mass is 578 g/mol. The van der Waals surface area contributed by atoms with Crippen molar-refractivity contribution in [2.24, 2.45) is 11.3 Å². The van der Waals surface area contributed by atoms with Gasteiger partial charge in [0.05, 0.1) is 6.20 Å². The van der Waals surface area contributed by atoms with Crippen LogP contribution in [-0.2, 0) is 11.3 Å². The zero-order valence-corrected chi connectivity index (χ0v) is 24.2. The molecule has 1 atom stereocenters. The normalized spacial score (nSPS) is 17.2. The lowest BCUT2D eigenvalue weighted by Crippen LogP contribution is -2.33. The quantitative estimate of drug-likeness (QED) is 0.230. The first-order valence-electron chi connectivity index (χ1n) is 12.5. The first kappa shape index (κ1) is 31.0. The maximum Gasteiger partial charge on any atom is 0.405 e. The Balaban J connectivity index is 1.82. The minimum atomic E-state index is -4.35. The van der Waals surface area contributed by atoms with Crippen LogP contribution in [0.4, 0.5) is 18.9 Å². The second-order valence-electron chi connectivity index (χ2n) is 10.3. The molecule has 0 spiro atoms. The Labute approximate surface area is 236 Å². The number of aromatic nitrogens is 1. The van der Waals surface area contributed by atoms with Crippen molar-refractivity contribution in [2.75, 3.05) is 44.1 Å². The van der Waals surface area contributed by atoms with Gasteiger partial charge in [0.2, 0.25) is 18.3 Å². The molecular formula is C28H35F3N5O3S+. The molecule has 0 saturated carbocycles. The number of hydrogen-bond acceptors (Lipinski definition) is 7. The van der Waals surface area contributed by atoms with Gasteiger partial charge < -0.3 is 19.1 Å². The summed E-state index contributed by atoms with van der Waals surface area (Å²) >= 11 is 1.66. The molecule has 0 bridgehead atoms. The van der Waals surface area contributed by atoms with Gasteiger partial charge in [-0.15, -0.1) is 0 Å². The number of carbonyl (C=O) groups excluding carboxylic acids is 1. The summed E-state index contributed by atoms with van der Waals surface area (Å²) in [6.07, 6.45) is 2.03. The van der Waals surface area contributed by atoms with Crippen molar-refractivity contribution >= 4 is 23.4 Å². The summed E-state index contributed by atoms with van der Waals surface area (Å²) in [7, 11) is 3.05. The smallest absolute Gasteiger partial charge is 0.405 e. The van der Waals surface area contributed by atoms with E-state index < -0.39 is 18.1 Å². The predicted molar refractivity (Wildman–Crippen MR) is 151 cm³/mol. The van der Waals surface area contributed by atoms with Crippen molar-refractivity contribution in [3.63, 3.8) is 0 Å². The number of carbonyl (C=O) groups is 1. The first-order valence-corrected chi connectivity index (χ1v) is 13.9. The summed E-state index contributed by atoms with van der Waals surface area (Å²) in [6.45, 7) is 10.8. The Morgan fingerprint density at radius 3 is 2.67 bits per heavy atom. The van der Waals surface area contributed by atoms with E-state index in [-0.39, 0.29) is 35.7 Å². The van der Waals surface area contributed by atoms with Crippen molar-refractivity contribution in [2.45, 2.75) is 26.6 Å². The van der Waals surface area contributed by atoms with Gasteiger partial charge in [-0.05, 0) is 42.3 Å². The number of thioether (sulfide) groups is 1. The van der Waals surface area contributed by atoms with Crippen molar-refractivity contribution in [1.82, 2.24) is 14.8 Å². The highest BCUT2D eigenvalue weighted by atomic mass is 32.2. The molecule has 1 fully saturated rings. The summed E-state index contributed by atoms with van der Waals surface area (Å²) in [5.41, 5.74) is 0.941. The van der Waals surface area contributed by atoms with Gasteiger partial charge >= 0.3 is 6.18 Å². The molecule has 0 radical (unpaired) electrons. The molecule has 40 heavy (non-hydrogen) atoms. The minimum absolute atomic E-state index is 0.0919. The van der Waals surface area contributed by atoms with Crippen molar-refractivity contribution in [1.29, 1.82) is 0 Å². The molecule has 216 valence electrons. The molecule has 1 unspecified atom stereocenters. The number of oxazole rings is 1. The van der Waals surface area contributed by atoms with Crippen LogP contribution in [-0.4, -0.2) is 70.8 Å². The maximum atomic E-state index is 13.4. The number of amides is 1. The van der Waals surface area contributed by atoms with Crippen LogP contribution in [0.15, 0.2) is 71.9 Å². The van der Waals surface area contributed by atoms with Crippen LogP contribution >= 0.6 is 11.8 Å². The van der Waals surface area contributed by atoms with Gasteiger partial charge in [0, 0.05) is 47.0 Å². The van der Waals surface area contributed by atoms with E-state index in [0.29, 0.717) is 28.2 Å². The predicted octanol–water partition coefficient (Wildman–Crippen LogP) is 5.90. The standard InChI is InChI=1S/C28H35F3N5O3S/c1-8-33(5)15-24(19(2)35-13-21(17-40-7)27(3,4)26(35)37)36(38)14-22-16-39-25(32-22)20-10-9-11-23(12-20)34(6)18-28(29,30)31/h8-12,15-16,21H,1-2,13-14,17-18H2,3-7H3/q+1. The Morgan fingerprint density at radius 1 is 1.35 bits per heavy atom. The molecule has 2 heterocycles. The number of rotatable bonds is 12. The fourth-order valence-corrected chi connectivity index (χ4v) is 5.32. The van der Waals surface area contributed by atoms with Crippen LogP contribution < -0.4 is 4.90 Å². The summed E-state index contributed by atoms with van der Waals surface area (Å²) in [5.74, 6) is 0.949. The largest absolute Gasteiger partial charge is 0.444 e. The first-order chi connectivity index (χ1) is 18.7. The molecule has 1 aliphatic heterocycles. The number of alkyl halides is 3. The molecule has 0 N–H and O–H groups in total. The molecule has 1 aromatic heterocycles. The van der Waals surface area contributed by atoms with Gasteiger partial charge in [-0.3, -0.25) is 4.79 Å². The zero-order chi connectivity index (χ0) is 29.8. The SMILES string of the molecule is C=CN(C)C=C(C(=C)N1CC(CSC)C(C)(C)C1=O)[N+](=O)Cc1coc(-c2cccc(N(C)CC(F)(F)F)c2)n1. The van der Waals surface area contributed by atoms with Gasteiger partial charge in [-0.2, -0.15) is 24.9 Å². The van der Waals surface area contributed by atoms with E-state index in [1.54, 1.807) is 53.0 Å². The number of anilines is 1. The lowest BCUT2D eigenvalue weighted by Gasteiger charge is -2.22. The minimum Gasteiger partial charge on any atom is -0.444 e. The molecule has 12 heteroatoms. The summed E-state index contributed by atoms with van der Waals surface area (Å²) in [5, 5.41) is 0. The van der Waals surface area contributed by atoms with E-state index in [1.807, 2.05) is 20.1 Å². The molecule has 3 rings (SSSR count). The lowest BCUT2D eigenvalue weighted by atomic mass is 9.83. The Kier molecular flexibility index (Phi) is 9.55. The number of hydrogen-bond donors (Lipinski definition) is 0. The number of nitrogens with zero attached hydrogens (tertiary/aromatic N) is 5. The number of benzene rings is 1. The average Bonchev–Trinajstić information content (AvgIpc) is 3.44. The molecule has 1 aromatic carbocycles. The number of nitroso groups, excluding NO2 is 1. The van der Waals surface area contributed by atoms with E-state index in [1.165, 1.54) is 25.6 Å². The van der Waals surface area contributed by atoms with Gasteiger partial charge in [-0.1, -0.05) is 33.1 Å². The highest BCUT2D eigenvalue weighted by molar-refractivity contribution is 7.98. The van der Waals surface area contributed by atoms with Crippen LogP contribution in [0.5, 0.6) is 0 Å². The van der Waals surface area contributed by atoms with Crippen molar-refractivity contribution in [3.05, 3.63) is 78.1 Å². The van der Waals surface area contributed by atoms with E-state index in [0.717, 1.165) is 10.7 Å². The fraction of sp³-hybridized carbons (Fsp3) is 0.429. The topological polar surface area (TPSA) is 72.9 Å². The zero-order valence-electron chi connectivity index (χ0n) is 23.4. The molecule has 8 nitrogen and oxygen atoms in total. The van der Waals surface area contributed by atoms with E-state index >= 15 is 0 Å². The third-order valence-corrected chi connectivity index (χ3v) is 7.64. The summed E-state index contributed by atoms with van der Waals surface area (Å²) in [6, 6.07) is 6.36. The van der Waals surface area contributed by atoms with Gasteiger partial charge in [0.25, 0.3) is 5.70 Å². The van der Waals surface area contributed by atoms with Crippen LogP contribution in [0, 0.1) is 16.2 Å². The van der Waals surface area contributed by atoms with Gasteiger partial charge in [-0.25, -0.2) is 4.98 Å². The molecule has 2 aromatic rings. The maximum absolute atomic E-state index is 13.4. The third-order valence-electron chi connectivity index (χ3n) is 6.90. The molecule has 1 aliphatic rings. The molecular weight excluding hydrogens is 543 g/mol. The lowest BCUT2D eigenvalue weighted by molar-refractivity contribution is -0.514. The van der Waals surface area contributed by atoms with E-state index in [4.69, 9.17) is 4.42 Å². The van der Waals surface area contributed by atoms with Crippen molar-refractivity contribution < 1.29 is 27.1 Å². The van der Waals surface area contributed by atoms with Crippen LogP contribution in [0.1, 0.15) is 19.5 Å². The van der Waals surface area contributed by atoms with Crippen LogP contribution in [0.2, 0.25) is 0 Å². The Hall–Kier alpha value is -3.54. The van der Waals surface area contributed by atoms with Gasteiger partial charge in [0.15, 0.2) is 0 Å². The average molecular weight is 579 g/mol. The second kappa shape index (κ2) is 12.3. The molecule has 1 saturated heterocycles. The highest BCUT2D eigenvalue weighted by Crippen LogP contribution is 2.40. The number of likely N-dealkylation sites (tertiary alicyclic amines) is 1. The highest BCUT2D eigenvalue weighted by Gasteiger charge is 2.49. The van der Waals surface area contributed by atoms with E-state index in [2.05, 4.69) is 18.1 Å². The number of halogens is 3. The van der Waals surface area contributed by atoms with Crippen LogP contribution in [0.25, 0.3) is 11.5 Å². The Bertz CT molecular complexity index is 1300. The van der Waals surface area contributed by atoms with Crippen LogP contribution in [0.3, 0.4) is 0 Å². The molecule has 1 amide bonds. The third kappa shape index (κ3) is 7.15. The Morgan fingerprint density at radius 2 is 2.05 bits per heavy atom. The second-order valence-corrected chi connectivity index (χ2v) is 11.2.